The fraction of sp³-hybridized carbons (Fsp3) is 0.929. The molecule has 1 aliphatic heterocycles. The van der Waals surface area contributed by atoms with Gasteiger partial charge in [-0.3, -0.25) is 0 Å². The van der Waals surface area contributed by atoms with E-state index >= 15 is 0 Å². The van der Waals surface area contributed by atoms with E-state index in [2.05, 4.69) is 10.6 Å². The van der Waals surface area contributed by atoms with E-state index in [-0.39, 0.29) is 6.09 Å². The summed E-state index contributed by atoms with van der Waals surface area (Å²) in [6.07, 6.45) is 3.66. The SMILES string of the molecule is CC(C)(C)OC(=O)NCC1C2CCCC1CNC2. The van der Waals surface area contributed by atoms with Gasteiger partial charge in [0.15, 0.2) is 0 Å². The summed E-state index contributed by atoms with van der Waals surface area (Å²) in [4.78, 5) is 11.7. The predicted octanol–water partition coefficient (Wildman–Crippen LogP) is 2.15. The van der Waals surface area contributed by atoms with E-state index in [0.717, 1.165) is 31.5 Å². The zero-order valence-electron chi connectivity index (χ0n) is 11.8. The highest BCUT2D eigenvalue weighted by molar-refractivity contribution is 5.67. The van der Waals surface area contributed by atoms with Crippen molar-refractivity contribution in [3.63, 3.8) is 0 Å². The second-order valence-corrected chi connectivity index (χ2v) is 6.66. The molecule has 1 aliphatic carbocycles. The van der Waals surface area contributed by atoms with Crippen LogP contribution in [0.5, 0.6) is 0 Å². The van der Waals surface area contributed by atoms with Crippen molar-refractivity contribution in [1.82, 2.24) is 10.6 Å². The molecule has 0 aromatic heterocycles. The first-order valence-corrected chi connectivity index (χ1v) is 7.13. The standard InChI is InChI=1S/C14H26N2O2/c1-14(2,3)18-13(17)16-9-12-10-5-4-6-11(12)8-15-7-10/h10-12,15H,4-9H2,1-3H3,(H,16,17). The molecular formula is C14H26N2O2. The number of ether oxygens (including phenoxy) is 1. The third-order valence-electron chi connectivity index (χ3n) is 4.05. The van der Waals surface area contributed by atoms with E-state index in [1.807, 2.05) is 20.8 Å². The summed E-state index contributed by atoms with van der Waals surface area (Å²) in [5, 5.41) is 6.45. The molecule has 0 aromatic carbocycles. The lowest BCUT2D eigenvalue weighted by Crippen LogP contribution is -2.50. The number of piperidine rings is 1. The second-order valence-electron chi connectivity index (χ2n) is 6.66. The van der Waals surface area contributed by atoms with Crippen LogP contribution in [0.15, 0.2) is 0 Å². The second kappa shape index (κ2) is 5.47. The maximum absolute atomic E-state index is 11.7. The van der Waals surface area contributed by atoms with Gasteiger partial charge in [0.05, 0.1) is 0 Å². The summed E-state index contributed by atoms with van der Waals surface area (Å²) in [7, 11) is 0. The summed E-state index contributed by atoms with van der Waals surface area (Å²) in [5.41, 5.74) is -0.409. The average molecular weight is 254 g/mol. The molecule has 2 bridgehead atoms. The van der Waals surface area contributed by atoms with Crippen LogP contribution in [0.25, 0.3) is 0 Å². The molecule has 1 heterocycles. The van der Waals surface area contributed by atoms with Crippen molar-refractivity contribution in [1.29, 1.82) is 0 Å². The molecule has 18 heavy (non-hydrogen) atoms. The van der Waals surface area contributed by atoms with Crippen molar-refractivity contribution in [2.75, 3.05) is 19.6 Å². The van der Waals surface area contributed by atoms with Crippen molar-refractivity contribution in [2.24, 2.45) is 17.8 Å². The Balaban J connectivity index is 1.80. The van der Waals surface area contributed by atoms with Crippen LogP contribution in [0.1, 0.15) is 40.0 Å². The zero-order valence-corrected chi connectivity index (χ0v) is 11.8. The lowest BCUT2D eigenvalue weighted by atomic mass is 9.69. The first-order valence-electron chi connectivity index (χ1n) is 7.13. The minimum atomic E-state index is -0.409. The first-order chi connectivity index (χ1) is 8.46. The third-order valence-corrected chi connectivity index (χ3v) is 4.05. The van der Waals surface area contributed by atoms with Gasteiger partial charge in [-0.05, 0) is 64.5 Å². The molecule has 0 spiro atoms. The van der Waals surface area contributed by atoms with Crippen molar-refractivity contribution in [3.05, 3.63) is 0 Å². The molecule has 2 aliphatic rings. The summed E-state index contributed by atoms with van der Waals surface area (Å²) in [6.45, 7) is 8.67. The maximum Gasteiger partial charge on any atom is 0.407 e. The fourth-order valence-electron chi connectivity index (χ4n) is 3.26. The molecule has 0 radical (unpaired) electrons. The van der Waals surface area contributed by atoms with Crippen molar-refractivity contribution < 1.29 is 9.53 Å². The van der Waals surface area contributed by atoms with Gasteiger partial charge in [0, 0.05) is 6.54 Å². The number of nitrogens with one attached hydrogen (secondary N) is 2. The number of hydrogen-bond donors (Lipinski definition) is 2. The Morgan fingerprint density at radius 1 is 1.28 bits per heavy atom. The van der Waals surface area contributed by atoms with Gasteiger partial charge in [0.25, 0.3) is 0 Å². The van der Waals surface area contributed by atoms with Gasteiger partial charge >= 0.3 is 6.09 Å². The van der Waals surface area contributed by atoms with Crippen LogP contribution in [0.2, 0.25) is 0 Å². The Hall–Kier alpha value is -0.770. The van der Waals surface area contributed by atoms with E-state index in [9.17, 15) is 4.79 Å². The topological polar surface area (TPSA) is 50.4 Å². The van der Waals surface area contributed by atoms with Crippen LogP contribution >= 0.6 is 0 Å². The van der Waals surface area contributed by atoms with Crippen LogP contribution in [0.4, 0.5) is 4.79 Å². The Bertz CT molecular complexity index is 277. The number of hydrogen-bond acceptors (Lipinski definition) is 3. The summed E-state index contributed by atoms with van der Waals surface area (Å²) >= 11 is 0. The molecule has 4 nitrogen and oxygen atoms in total. The molecule has 1 amide bonds. The van der Waals surface area contributed by atoms with Gasteiger partial charge in [-0.2, -0.15) is 0 Å². The largest absolute Gasteiger partial charge is 0.444 e. The van der Waals surface area contributed by atoms with Gasteiger partial charge < -0.3 is 15.4 Å². The van der Waals surface area contributed by atoms with Crippen LogP contribution in [-0.4, -0.2) is 31.3 Å². The van der Waals surface area contributed by atoms with E-state index < -0.39 is 5.60 Å². The molecular weight excluding hydrogens is 228 g/mol. The lowest BCUT2D eigenvalue weighted by Gasteiger charge is -2.43. The average Bonchev–Trinajstić information content (AvgIpc) is 2.23. The summed E-state index contributed by atoms with van der Waals surface area (Å²) in [5.74, 6) is 2.09. The molecule has 0 aromatic rings. The quantitative estimate of drug-likeness (QED) is 0.794. The van der Waals surface area contributed by atoms with Gasteiger partial charge in [-0.25, -0.2) is 4.79 Å². The minimum Gasteiger partial charge on any atom is -0.444 e. The maximum atomic E-state index is 11.7. The molecule has 4 heteroatoms. The molecule has 104 valence electrons. The highest BCUT2D eigenvalue weighted by Gasteiger charge is 2.36. The first kappa shape index (κ1) is 13.7. The molecule has 2 atom stereocenters. The molecule has 2 rings (SSSR count). The van der Waals surface area contributed by atoms with E-state index in [0.29, 0.717) is 5.92 Å². The van der Waals surface area contributed by atoms with Crippen molar-refractivity contribution in [3.8, 4) is 0 Å². The zero-order chi connectivity index (χ0) is 13.2. The highest BCUT2D eigenvalue weighted by atomic mass is 16.6. The normalized spacial score (nSPS) is 31.8. The van der Waals surface area contributed by atoms with Crippen molar-refractivity contribution >= 4 is 6.09 Å². The molecule has 2 fully saturated rings. The van der Waals surface area contributed by atoms with E-state index in [4.69, 9.17) is 4.74 Å². The van der Waals surface area contributed by atoms with Gasteiger partial charge in [0.1, 0.15) is 5.60 Å². The minimum absolute atomic E-state index is 0.279. The number of carbonyl (C=O) groups excluding carboxylic acids is 1. The number of rotatable bonds is 2. The number of alkyl carbamates (subject to hydrolysis) is 1. The molecule has 2 unspecified atom stereocenters. The van der Waals surface area contributed by atoms with E-state index in [1.165, 1.54) is 19.3 Å². The fourth-order valence-corrected chi connectivity index (χ4v) is 3.26. The highest BCUT2D eigenvalue weighted by Crippen LogP contribution is 2.36. The number of fused-ring (bicyclic) bond motifs is 2. The molecule has 1 saturated heterocycles. The van der Waals surface area contributed by atoms with Gasteiger partial charge in [-0.1, -0.05) is 6.42 Å². The lowest BCUT2D eigenvalue weighted by molar-refractivity contribution is 0.0465. The Morgan fingerprint density at radius 3 is 2.44 bits per heavy atom. The molecule has 1 saturated carbocycles. The van der Waals surface area contributed by atoms with Gasteiger partial charge in [0.2, 0.25) is 0 Å². The van der Waals surface area contributed by atoms with Crippen molar-refractivity contribution in [2.45, 2.75) is 45.6 Å². The van der Waals surface area contributed by atoms with Crippen LogP contribution in [0, 0.1) is 17.8 Å². The number of carbonyl (C=O) groups is 1. The number of amides is 1. The predicted molar refractivity (Wildman–Crippen MR) is 71.4 cm³/mol. The summed E-state index contributed by atoms with van der Waals surface area (Å²) in [6, 6.07) is 0. The Labute approximate surface area is 110 Å². The van der Waals surface area contributed by atoms with E-state index in [1.54, 1.807) is 0 Å². The van der Waals surface area contributed by atoms with Crippen LogP contribution < -0.4 is 10.6 Å². The monoisotopic (exact) mass is 254 g/mol. The van der Waals surface area contributed by atoms with Gasteiger partial charge in [-0.15, -0.1) is 0 Å². The smallest absolute Gasteiger partial charge is 0.407 e. The summed E-state index contributed by atoms with van der Waals surface area (Å²) < 4.78 is 5.29. The third kappa shape index (κ3) is 3.61. The van der Waals surface area contributed by atoms with Crippen LogP contribution in [-0.2, 0) is 4.74 Å². The van der Waals surface area contributed by atoms with Crippen LogP contribution in [0.3, 0.4) is 0 Å². The molecule has 2 N–H and O–H groups in total. The Kier molecular flexibility index (Phi) is 4.15. The Morgan fingerprint density at radius 2 is 1.89 bits per heavy atom.